The molecule has 0 unspecified atom stereocenters. The summed E-state index contributed by atoms with van der Waals surface area (Å²) in [7, 11) is 4.66. The zero-order chi connectivity index (χ0) is 19.9. The Balaban J connectivity index is 0.00000300. The van der Waals surface area contributed by atoms with E-state index in [1.165, 1.54) is 5.69 Å². The van der Waals surface area contributed by atoms with Crippen LogP contribution in [0.2, 0.25) is 0 Å². The van der Waals surface area contributed by atoms with Crippen molar-refractivity contribution in [3.8, 4) is 17.2 Å². The second kappa shape index (κ2) is 10.9. The molecular weight excluding hydrogens is 392 g/mol. The molecule has 0 saturated carbocycles. The Bertz CT molecular complexity index is 768. The van der Waals surface area contributed by atoms with E-state index in [0.717, 1.165) is 32.7 Å². The van der Waals surface area contributed by atoms with Crippen LogP contribution < -0.4 is 19.1 Å². The smallest absolute Gasteiger partial charge is 0.203 e. The third kappa shape index (κ3) is 5.55. The molecule has 1 fully saturated rings. The molecule has 0 aliphatic carbocycles. The SMILES string of the molecule is COc1cc(C(=O)CCN2CCN(c3ccccc3)CC2)cc(OC)c1OC.Cl. The lowest BCUT2D eigenvalue weighted by atomic mass is 10.1. The van der Waals surface area contributed by atoms with Gasteiger partial charge in [-0.3, -0.25) is 9.69 Å². The Morgan fingerprint density at radius 3 is 2.00 bits per heavy atom. The standard InChI is InChI=1S/C22H28N2O4.ClH/c1-26-20-15-17(16-21(27-2)22(20)28-3)19(25)9-10-23-11-13-24(14-12-23)18-7-5-4-6-8-18;/h4-8,15-16H,9-14H2,1-3H3;1H. The molecule has 29 heavy (non-hydrogen) atoms. The molecule has 1 aliphatic rings. The van der Waals surface area contributed by atoms with Gasteiger partial charge >= 0.3 is 0 Å². The normalized spacial score (nSPS) is 14.1. The first-order valence-corrected chi connectivity index (χ1v) is 9.51. The van der Waals surface area contributed by atoms with Crippen LogP contribution in [0.15, 0.2) is 42.5 Å². The summed E-state index contributed by atoms with van der Waals surface area (Å²) in [6.07, 6.45) is 0.462. The van der Waals surface area contributed by atoms with Gasteiger partial charge in [0.1, 0.15) is 0 Å². The van der Waals surface area contributed by atoms with Gasteiger partial charge in [-0.1, -0.05) is 18.2 Å². The van der Waals surface area contributed by atoms with Gasteiger partial charge in [0.15, 0.2) is 17.3 Å². The predicted octanol–water partition coefficient (Wildman–Crippen LogP) is 3.53. The summed E-state index contributed by atoms with van der Waals surface area (Å²) in [4.78, 5) is 17.4. The number of ether oxygens (including phenoxy) is 3. The van der Waals surface area contributed by atoms with Crippen molar-refractivity contribution in [2.45, 2.75) is 6.42 Å². The van der Waals surface area contributed by atoms with E-state index in [-0.39, 0.29) is 18.2 Å². The van der Waals surface area contributed by atoms with Gasteiger partial charge in [-0.15, -0.1) is 12.4 Å². The number of methoxy groups -OCH3 is 3. The summed E-state index contributed by atoms with van der Waals surface area (Å²) >= 11 is 0. The summed E-state index contributed by atoms with van der Waals surface area (Å²) in [6, 6.07) is 13.9. The van der Waals surface area contributed by atoms with Gasteiger partial charge in [0.25, 0.3) is 0 Å². The van der Waals surface area contributed by atoms with Gasteiger partial charge in [0, 0.05) is 50.4 Å². The number of piperazine rings is 1. The van der Waals surface area contributed by atoms with E-state index < -0.39 is 0 Å². The molecule has 2 aromatic carbocycles. The maximum absolute atomic E-state index is 12.7. The van der Waals surface area contributed by atoms with Crippen LogP contribution in [0.4, 0.5) is 5.69 Å². The Morgan fingerprint density at radius 2 is 1.48 bits per heavy atom. The Kier molecular flexibility index (Phi) is 8.61. The Hall–Kier alpha value is -2.44. The van der Waals surface area contributed by atoms with E-state index in [9.17, 15) is 4.79 Å². The molecule has 158 valence electrons. The van der Waals surface area contributed by atoms with Crippen LogP contribution in [-0.2, 0) is 0 Å². The number of hydrogen-bond acceptors (Lipinski definition) is 6. The number of carbonyl (C=O) groups is 1. The average Bonchev–Trinajstić information content (AvgIpc) is 2.77. The maximum atomic E-state index is 12.7. The van der Waals surface area contributed by atoms with Gasteiger partial charge < -0.3 is 19.1 Å². The van der Waals surface area contributed by atoms with E-state index in [4.69, 9.17) is 14.2 Å². The van der Waals surface area contributed by atoms with E-state index in [0.29, 0.717) is 29.2 Å². The van der Waals surface area contributed by atoms with Crippen LogP contribution in [0.1, 0.15) is 16.8 Å². The number of halogens is 1. The molecule has 0 radical (unpaired) electrons. The highest BCUT2D eigenvalue weighted by Crippen LogP contribution is 2.38. The minimum atomic E-state index is 0. The van der Waals surface area contributed by atoms with E-state index in [1.807, 2.05) is 6.07 Å². The number of hydrogen-bond donors (Lipinski definition) is 0. The van der Waals surface area contributed by atoms with Crippen molar-refractivity contribution in [2.24, 2.45) is 0 Å². The van der Waals surface area contributed by atoms with Crippen molar-refractivity contribution >= 4 is 23.9 Å². The lowest BCUT2D eigenvalue weighted by molar-refractivity contribution is 0.0961. The summed E-state index contributed by atoms with van der Waals surface area (Å²) in [5, 5.41) is 0. The molecular formula is C22H29ClN2O4. The van der Waals surface area contributed by atoms with Crippen molar-refractivity contribution in [2.75, 3.05) is 59.0 Å². The minimum absolute atomic E-state index is 0. The number of anilines is 1. The first-order chi connectivity index (χ1) is 13.7. The molecule has 2 aromatic rings. The van der Waals surface area contributed by atoms with Crippen molar-refractivity contribution in [1.82, 2.24) is 4.90 Å². The number of benzene rings is 2. The van der Waals surface area contributed by atoms with Crippen molar-refractivity contribution < 1.29 is 19.0 Å². The minimum Gasteiger partial charge on any atom is -0.493 e. The zero-order valence-corrected chi connectivity index (χ0v) is 18.0. The predicted molar refractivity (Wildman–Crippen MR) is 117 cm³/mol. The first kappa shape index (κ1) is 22.8. The highest BCUT2D eigenvalue weighted by molar-refractivity contribution is 5.97. The number of carbonyl (C=O) groups excluding carboxylic acids is 1. The van der Waals surface area contributed by atoms with Crippen LogP contribution >= 0.6 is 12.4 Å². The van der Waals surface area contributed by atoms with Crippen LogP contribution in [0.25, 0.3) is 0 Å². The quantitative estimate of drug-likeness (QED) is 0.609. The number of rotatable bonds is 8. The molecule has 0 amide bonds. The second-order valence-corrected chi connectivity index (χ2v) is 6.75. The third-order valence-electron chi connectivity index (χ3n) is 5.14. The largest absolute Gasteiger partial charge is 0.493 e. The van der Waals surface area contributed by atoms with Gasteiger partial charge in [-0.2, -0.15) is 0 Å². The summed E-state index contributed by atoms with van der Waals surface area (Å²) < 4.78 is 16.0. The maximum Gasteiger partial charge on any atom is 0.203 e. The fraction of sp³-hybridized carbons (Fsp3) is 0.409. The summed E-state index contributed by atoms with van der Waals surface area (Å²) in [6.45, 7) is 4.61. The van der Waals surface area contributed by atoms with E-state index in [2.05, 4.69) is 34.1 Å². The lowest BCUT2D eigenvalue weighted by Crippen LogP contribution is -2.46. The fourth-order valence-electron chi connectivity index (χ4n) is 3.51. The second-order valence-electron chi connectivity index (χ2n) is 6.75. The van der Waals surface area contributed by atoms with Gasteiger partial charge in [0.05, 0.1) is 21.3 Å². The molecule has 1 saturated heterocycles. The molecule has 0 aromatic heterocycles. The Morgan fingerprint density at radius 1 is 0.897 bits per heavy atom. The first-order valence-electron chi connectivity index (χ1n) is 9.51. The highest BCUT2D eigenvalue weighted by atomic mass is 35.5. The molecule has 7 heteroatoms. The molecule has 0 bridgehead atoms. The lowest BCUT2D eigenvalue weighted by Gasteiger charge is -2.36. The Labute approximate surface area is 178 Å². The topological polar surface area (TPSA) is 51.2 Å². The summed E-state index contributed by atoms with van der Waals surface area (Å²) in [5.74, 6) is 1.58. The highest BCUT2D eigenvalue weighted by Gasteiger charge is 2.20. The van der Waals surface area contributed by atoms with E-state index >= 15 is 0 Å². The fourth-order valence-corrected chi connectivity index (χ4v) is 3.51. The zero-order valence-electron chi connectivity index (χ0n) is 17.2. The average molecular weight is 421 g/mol. The van der Waals surface area contributed by atoms with Crippen LogP contribution in [0.3, 0.4) is 0 Å². The van der Waals surface area contributed by atoms with Gasteiger partial charge in [-0.05, 0) is 24.3 Å². The number of para-hydroxylation sites is 1. The molecule has 3 rings (SSSR count). The monoisotopic (exact) mass is 420 g/mol. The van der Waals surface area contributed by atoms with Crippen LogP contribution in [-0.4, -0.2) is 64.7 Å². The van der Waals surface area contributed by atoms with Crippen molar-refractivity contribution in [3.63, 3.8) is 0 Å². The molecule has 0 spiro atoms. The van der Waals surface area contributed by atoms with E-state index in [1.54, 1.807) is 33.5 Å². The molecule has 6 nitrogen and oxygen atoms in total. The van der Waals surface area contributed by atoms with Gasteiger partial charge in [-0.25, -0.2) is 0 Å². The number of nitrogens with zero attached hydrogens (tertiary/aromatic N) is 2. The van der Waals surface area contributed by atoms with Gasteiger partial charge in [0.2, 0.25) is 5.75 Å². The van der Waals surface area contributed by atoms with Crippen molar-refractivity contribution in [1.29, 1.82) is 0 Å². The number of Topliss-reactive ketones (excluding diaryl/α,β-unsaturated/α-hetero) is 1. The summed E-state index contributed by atoms with van der Waals surface area (Å²) in [5.41, 5.74) is 1.84. The number of ketones is 1. The molecule has 0 N–H and O–H groups in total. The molecule has 1 heterocycles. The van der Waals surface area contributed by atoms with Crippen LogP contribution in [0.5, 0.6) is 17.2 Å². The third-order valence-corrected chi connectivity index (χ3v) is 5.14. The molecule has 1 aliphatic heterocycles. The van der Waals surface area contributed by atoms with Crippen LogP contribution in [0, 0.1) is 0 Å². The van der Waals surface area contributed by atoms with Crippen molar-refractivity contribution in [3.05, 3.63) is 48.0 Å². The molecule has 0 atom stereocenters.